The molecule has 0 spiro atoms. The van der Waals surface area contributed by atoms with E-state index in [9.17, 15) is 18.0 Å². The third-order valence-electron chi connectivity index (χ3n) is 3.26. The Hall–Kier alpha value is -2.15. The highest BCUT2D eigenvalue weighted by atomic mass is 32.2. The Kier molecular flexibility index (Phi) is 12.0. The Morgan fingerprint density at radius 2 is 1.76 bits per heavy atom. The van der Waals surface area contributed by atoms with Gasteiger partial charge in [0, 0.05) is 25.3 Å². The van der Waals surface area contributed by atoms with Gasteiger partial charge in [-0.2, -0.15) is 9.59 Å². The van der Waals surface area contributed by atoms with E-state index in [4.69, 9.17) is 9.59 Å². The van der Waals surface area contributed by atoms with Crippen molar-refractivity contribution in [1.29, 1.82) is 0 Å². The van der Waals surface area contributed by atoms with Crippen molar-refractivity contribution in [2.24, 2.45) is 5.92 Å². The molecule has 0 aliphatic rings. The number of rotatable bonds is 11. The molecular weight excluding hydrogens is 346 g/mol. The molecule has 7 nitrogen and oxygen atoms in total. The zero-order valence-corrected chi connectivity index (χ0v) is 15.0. The van der Waals surface area contributed by atoms with Crippen LogP contribution in [0, 0.1) is 5.92 Å². The Morgan fingerprint density at radius 1 is 1.16 bits per heavy atom. The Balaban J connectivity index is 0.00000178. The van der Waals surface area contributed by atoms with E-state index in [0.717, 1.165) is 19.1 Å². The fourth-order valence-electron chi connectivity index (χ4n) is 2.02. The summed E-state index contributed by atoms with van der Waals surface area (Å²) in [5.41, 5.74) is 0. The number of carbonyl (C=O) groups excluding carboxylic acids is 4. The highest BCUT2D eigenvalue weighted by molar-refractivity contribution is 7.89. The largest absolute Gasteiger partial charge is 0.373 e. The summed E-state index contributed by atoms with van der Waals surface area (Å²) in [6.07, 6.45) is 3.96. The molecule has 0 heterocycles. The molecule has 0 radical (unpaired) electrons. The maximum atomic E-state index is 11.9. The van der Waals surface area contributed by atoms with Crippen LogP contribution in [0.1, 0.15) is 39.0 Å². The first-order valence-electron chi connectivity index (χ1n) is 7.88. The zero-order valence-electron chi connectivity index (χ0n) is 14.1. The van der Waals surface area contributed by atoms with Gasteiger partial charge >= 0.3 is 6.15 Å². The molecule has 1 N–H and O–H groups in total. The van der Waals surface area contributed by atoms with Gasteiger partial charge in [-0.25, -0.2) is 13.1 Å². The van der Waals surface area contributed by atoms with Crippen LogP contribution in [0.2, 0.25) is 0 Å². The van der Waals surface area contributed by atoms with E-state index in [1.807, 2.05) is 0 Å². The number of hydrogen-bond donors (Lipinski definition) is 1. The third kappa shape index (κ3) is 11.1. The van der Waals surface area contributed by atoms with E-state index in [-0.39, 0.29) is 22.7 Å². The monoisotopic (exact) mass is 369 g/mol. The van der Waals surface area contributed by atoms with Crippen LogP contribution in [-0.4, -0.2) is 33.2 Å². The second-order valence-corrected chi connectivity index (χ2v) is 7.23. The molecule has 0 aliphatic heterocycles. The van der Waals surface area contributed by atoms with Gasteiger partial charge in [-0.3, -0.25) is 4.79 Å². The Bertz CT molecular complexity index is 651. The molecule has 25 heavy (non-hydrogen) atoms. The number of carbonyl (C=O) groups is 2. The first-order valence-corrected chi connectivity index (χ1v) is 9.36. The summed E-state index contributed by atoms with van der Waals surface area (Å²) in [5, 5.41) is 0. The number of aldehydes is 1. The second-order valence-electron chi connectivity index (χ2n) is 5.46. The quantitative estimate of drug-likeness (QED) is 0.469. The van der Waals surface area contributed by atoms with Crippen LogP contribution in [0.4, 0.5) is 0 Å². The molecule has 1 aromatic rings. The maximum Gasteiger partial charge on any atom is 0.373 e. The number of unbranched alkanes of at least 4 members (excludes halogenated alkanes) is 2. The normalized spacial score (nSPS) is 11.6. The average molecular weight is 369 g/mol. The Morgan fingerprint density at radius 3 is 2.32 bits per heavy atom. The van der Waals surface area contributed by atoms with Gasteiger partial charge in [0.05, 0.1) is 4.90 Å². The lowest BCUT2D eigenvalue weighted by molar-refractivity contribution is -0.191. The van der Waals surface area contributed by atoms with Crippen LogP contribution < -0.4 is 4.72 Å². The maximum absolute atomic E-state index is 11.9. The summed E-state index contributed by atoms with van der Waals surface area (Å²) < 4.78 is 26.4. The van der Waals surface area contributed by atoms with Crippen LogP contribution >= 0.6 is 0 Å². The summed E-state index contributed by atoms with van der Waals surface area (Å²) in [4.78, 5) is 38.5. The highest BCUT2D eigenvalue weighted by Gasteiger charge is 2.12. The molecular formula is C17H23NO6S. The molecule has 1 aromatic carbocycles. The minimum absolute atomic E-state index is 0.0875. The summed E-state index contributed by atoms with van der Waals surface area (Å²) in [6.45, 7) is 2.08. The third-order valence-corrected chi connectivity index (χ3v) is 4.74. The summed E-state index contributed by atoms with van der Waals surface area (Å²) in [7, 11) is -3.44. The lowest BCUT2D eigenvalue weighted by atomic mass is 10.0. The molecule has 0 saturated heterocycles. The number of sulfonamides is 1. The van der Waals surface area contributed by atoms with E-state index in [1.165, 1.54) is 0 Å². The highest BCUT2D eigenvalue weighted by Crippen LogP contribution is 2.09. The summed E-state index contributed by atoms with van der Waals surface area (Å²) >= 11 is 0. The van der Waals surface area contributed by atoms with E-state index in [0.29, 0.717) is 25.8 Å². The minimum atomic E-state index is -3.44. The van der Waals surface area contributed by atoms with Crippen molar-refractivity contribution in [3.8, 4) is 0 Å². The lowest BCUT2D eigenvalue weighted by Crippen LogP contribution is -2.24. The van der Waals surface area contributed by atoms with Gasteiger partial charge in [-0.1, -0.05) is 31.5 Å². The number of ketones is 1. The van der Waals surface area contributed by atoms with Crippen molar-refractivity contribution in [2.45, 2.75) is 43.9 Å². The van der Waals surface area contributed by atoms with E-state index < -0.39 is 10.0 Å². The van der Waals surface area contributed by atoms with Crippen LogP contribution in [0.15, 0.2) is 35.2 Å². The molecule has 1 atom stereocenters. The standard InChI is InChI=1S/C16H23NO4S.CO2/c1-14(13-18)12-15(19)8-4-3-7-11-17-22(20,21)16-9-5-2-6-10-16;2-1-3/h2,5-6,9-10,13-14,17H,3-4,7-8,11-12H2,1H3;/t14-;/m1./s1. The zero-order chi connectivity index (χ0) is 19.1. The van der Waals surface area contributed by atoms with Gasteiger partial charge in [0.15, 0.2) is 0 Å². The smallest absolute Gasteiger partial charge is 0.303 e. The van der Waals surface area contributed by atoms with Crippen molar-refractivity contribution < 1.29 is 27.6 Å². The van der Waals surface area contributed by atoms with Gasteiger partial charge in [0.25, 0.3) is 0 Å². The SMILES string of the molecule is C[C@@H](C=O)CC(=O)CCCCCNS(=O)(=O)c1ccccc1.O=C=O. The first-order chi connectivity index (χ1) is 11.9. The topological polar surface area (TPSA) is 114 Å². The van der Waals surface area contributed by atoms with Crippen LogP contribution in [-0.2, 0) is 29.2 Å². The van der Waals surface area contributed by atoms with Gasteiger partial charge < -0.3 is 4.79 Å². The van der Waals surface area contributed by atoms with Gasteiger partial charge in [-0.15, -0.1) is 0 Å². The van der Waals surface area contributed by atoms with E-state index in [2.05, 4.69) is 4.72 Å². The molecule has 0 fully saturated rings. The molecule has 0 aromatic heterocycles. The van der Waals surface area contributed by atoms with Crippen molar-refractivity contribution in [3.63, 3.8) is 0 Å². The molecule has 0 aliphatic carbocycles. The van der Waals surface area contributed by atoms with Crippen LogP contribution in [0.3, 0.4) is 0 Å². The van der Waals surface area contributed by atoms with Crippen molar-refractivity contribution >= 4 is 28.2 Å². The molecule has 138 valence electrons. The minimum Gasteiger partial charge on any atom is -0.303 e. The number of nitrogens with one attached hydrogen (secondary N) is 1. The fraction of sp³-hybridized carbons (Fsp3) is 0.471. The number of benzene rings is 1. The van der Waals surface area contributed by atoms with Gasteiger partial charge in [0.2, 0.25) is 10.0 Å². The van der Waals surface area contributed by atoms with Gasteiger partial charge in [-0.05, 0) is 25.0 Å². The second kappa shape index (κ2) is 13.2. The van der Waals surface area contributed by atoms with E-state index in [1.54, 1.807) is 37.3 Å². The molecule has 8 heteroatoms. The van der Waals surface area contributed by atoms with Gasteiger partial charge in [0.1, 0.15) is 12.1 Å². The van der Waals surface area contributed by atoms with Crippen LogP contribution in [0.25, 0.3) is 0 Å². The molecule has 0 amide bonds. The number of Topliss-reactive ketones (excluding diaryl/α,β-unsaturated/α-hetero) is 1. The Labute approximate surface area is 147 Å². The molecule has 1 rings (SSSR count). The lowest BCUT2D eigenvalue weighted by Gasteiger charge is -2.06. The molecule has 0 bridgehead atoms. The van der Waals surface area contributed by atoms with Crippen molar-refractivity contribution in [3.05, 3.63) is 30.3 Å². The predicted molar refractivity (Wildman–Crippen MR) is 90.0 cm³/mol. The average Bonchev–Trinajstić information content (AvgIpc) is 2.59. The van der Waals surface area contributed by atoms with Crippen LogP contribution in [0.5, 0.6) is 0 Å². The fourth-order valence-corrected chi connectivity index (χ4v) is 3.12. The van der Waals surface area contributed by atoms with E-state index >= 15 is 0 Å². The number of hydrogen-bond acceptors (Lipinski definition) is 6. The summed E-state index contributed by atoms with van der Waals surface area (Å²) in [5.74, 6) is -0.130. The predicted octanol–water partition coefficient (Wildman–Crippen LogP) is 1.74. The van der Waals surface area contributed by atoms with Crippen molar-refractivity contribution in [1.82, 2.24) is 4.72 Å². The molecule has 0 unspecified atom stereocenters. The summed E-state index contributed by atoms with van der Waals surface area (Å²) in [6, 6.07) is 8.23. The molecule has 0 saturated carbocycles. The first kappa shape index (κ1) is 22.9. The van der Waals surface area contributed by atoms with Crippen molar-refractivity contribution in [2.75, 3.05) is 6.54 Å².